The summed E-state index contributed by atoms with van der Waals surface area (Å²) < 4.78 is 5.44. The number of anilines is 1. The van der Waals surface area contributed by atoms with Crippen molar-refractivity contribution in [3.8, 4) is 11.4 Å². The summed E-state index contributed by atoms with van der Waals surface area (Å²) in [5, 5.41) is 10.3. The molecule has 128 valence electrons. The normalized spacial score (nSPS) is 12.7. The van der Waals surface area contributed by atoms with Gasteiger partial charge in [-0.1, -0.05) is 53.7 Å². The Labute approximate surface area is 151 Å². The second-order valence-electron chi connectivity index (χ2n) is 6.79. The van der Waals surface area contributed by atoms with E-state index in [4.69, 9.17) is 4.52 Å². The van der Waals surface area contributed by atoms with Crippen molar-refractivity contribution in [3.05, 3.63) is 77.2 Å². The molecule has 0 aliphatic heterocycles. The molecule has 4 aromatic rings. The van der Waals surface area contributed by atoms with Crippen molar-refractivity contribution in [1.82, 2.24) is 10.1 Å². The first-order valence-electron chi connectivity index (χ1n) is 8.95. The molecule has 3 aromatic carbocycles. The van der Waals surface area contributed by atoms with Crippen LogP contribution in [0.1, 0.15) is 22.6 Å². The van der Waals surface area contributed by atoms with Crippen molar-refractivity contribution in [2.45, 2.75) is 26.3 Å². The zero-order chi connectivity index (χ0) is 17.5. The van der Waals surface area contributed by atoms with E-state index in [1.165, 1.54) is 21.9 Å². The van der Waals surface area contributed by atoms with E-state index in [0.717, 1.165) is 29.7 Å². The maximum atomic E-state index is 5.44. The van der Waals surface area contributed by atoms with Gasteiger partial charge in [0.1, 0.15) is 0 Å². The van der Waals surface area contributed by atoms with Gasteiger partial charge < -0.3 is 9.84 Å². The van der Waals surface area contributed by atoms with Gasteiger partial charge >= 0.3 is 0 Å². The van der Waals surface area contributed by atoms with Crippen LogP contribution in [0.15, 0.2) is 59.1 Å². The number of rotatable bonds is 4. The fraction of sp³-hybridized carbons (Fsp3) is 0.182. The molecule has 26 heavy (non-hydrogen) atoms. The highest BCUT2D eigenvalue weighted by Gasteiger charge is 2.16. The van der Waals surface area contributed by atoms with Gasteiger partial charge in [-0.3, -0.25) is 0 Å². The van der Waals surface area contributed by atoms with Crippen molar-refractivity contribution >= 4 is 16.5 Å². The predicted octanol–water partition coefficient (Wildman–Crippen LogP) is 4.91. The van der Waals surface area contributed by atoms with Crippen LogP contribution >= 0.6 is 0 Å². The van der Waals surface area contributed by atoms with Crippen molar-refractivity contribution < 1.29 is 4.52 Å². The molecule has 0 saturated heterocycles. The molecule has 1 heterocycles. The van der Waals surface area contributed by atoms with Gasteiger partial charge in [0.2, 0.25) is 11.7 Å². The molecule has 0 fully saturated rings. The molecule has 5 rings (SSSR count). The minimum absolute atomic E-state index is 0.511. The molecular formula is C22H19N3O. The van der Waals surface area contributed by atoms with Gasteiger partial charge in [0.25, 0.3) is 0 Å². The fourth-order valence-electron chi connectivity index (χ4n) is 3.83. The predicted molar refractivity (Wildman–Crippen MR) is 103 cm³/mol. The second kappa shape index (κ2) is 5.99. The number of hydrogen-bond donors (Lipinski definition) is 1. The van der Waals surface area contributed by atoms with Crippen LogP contribution in [-0.4, -0.2) is 10.1 Å². The Balaban J connectivity index is 1.41. The zero-order valence-electron chi connectivity index (χ0n) is 14.6. The van der Waals surface area contributed by atoms with Gasteiger partial charge in [-0.2, -0.15) is 4.98 Å². The third kappa shape index (κ3) is 2.46. The number of nitrogens with one attached hydrogen (secondary N) is 1. The summed E-state index contributed by atoms with van der Waals surface area (Å²) in [5.41, 5.74) is 6.15. The molecule has 0 radical (unpaired) electrons. The molecule has 0 saturated carbocycles. The Morgan fingerprint density at radius 2 is 1.81 bits per heavy atom. The van der Waals surface area contributed by atoms with Gasteiger partial charge in [-0.25, -0.2) is 0 Å². The van der Waals surface area contributed by atoms with E-state index < -0.39 is 0 Å². The summed E-state index contributed by atoms with van der Waals surface area (Å²) in [5.74, 6) is 1.23. The summed E-state index contributed by atoms with van der Waals surface area (Å²) in [7, 11) is 0. The maximum Gasteiger partial charge on any atom is 0.246 e. The summed E-state index contributed by atoms with van der Waals surface area (Å²) in [4.78, 5) is 4.54. The lowest BCUT2D eigenvalue weighted by Gasteiger charge is -2.10. The molecule has 4 nitrogen and oxygen atoms in total. The molecule has 0 atom stereocenters. The lowest BCUT2D eigenvalue weighted by Crippen LogP contribution is -2.00. The van der Waals surface area contributed by atoms with Gasteiger partial charge in [0, 0.05) is 16.6 Å². The van der Waals surface area contributed by atoms with Crippen LogP contribution in [0.5, 0.6) is 0 Å². The molecule has 0 bridgehead atoms. The number of aromatic nitrogens is 2. The number of nitrogens with zero attached hydrogens (tertiary/aromatic N) is 2. The first kappa shape index (κ1) is 15.1. The molecule has 0 spiro atoms. The lowest BCUT2D eigenvalue weighted by atomic mass is 10.0. The van der Waals surface area contributed by atoms with Crippen LogP contribution in [-0.2, 0) is 19.4 Å². The Morgan fingerprint density at radius 1 is 0.962 bits per heavy atom. The van der Waals surface area contributed by atoms with Gasteiger partial charge in [0.05, 0.1) is 6.54 Å². The zero-order valence-corrected chi connectivity index (χ0v) is 14.6. The number of aryl methyl sites for hydroxylation is 3. The second-order valence-corrected chi connectivity index (χ2v) is 6.79. The average Bonchev–Trinajstić information content (AvgIpc) is 3.30. The lowest BCUT2D eigenvalue weighted by molar-refractivity contribution is 0.384. The third-order valence-corrected chi connectivity index (χ3v) is 5.16. The molecule has 4 heteroatoms. The third-order valence-electron chi connectivity index (χ3n) is 5.16. The first-order valence-corrected chi connectivity index (χ1v) is 8.95. The SMILES string of the molecule is Cc1ccccc1-c1noc(CNc2ccc3c4c(cccc24)CC3)n1. The van der Waals surface area contributed by atoms with E-state index in [-0.39, 0.29) is 0 Å². The maximum absolute atomic E-state index is 5.44. The molecule has 1 aliphatic carbocycles. The highest BCUT2D eigenvalue weighted by Crippen LogP contribution is 2.35. The minimum atomic E-state index is 0.511. The van der Waals surface area contributed by atoms with Crippen LogP contribution in [0.3, 0.4) is 0 Å². The number of benzene rings is 3. The van der Waals surface area contributed by atoms with Gasteiger partial charge in [-0.05, 0) is 47.9 Å². The standard InChI is InChI=1S/C22H19N3O/c1-14-5-2-3-7-17(14)22-24-20(26-25-22)13-23-19-12-11-16-10-9-15-6-4-8-18(19)21(15)16/h2-8,11-12,23H,9-10,13H2,1H3. The molecule has 1 N–H and O–H groups in total. The Kier molecular flexibility index (Phi) is 3.49. The average molecular weight is 341 g/mol. The topological polar surface area (TPSA) is 51.0 Å². The van der Waals surface area contributed by atoms with E-state index in [9.17, 15) is 0 Å². The van der Waals surface area contributed by atoms with Crippen LogP contribution < -0.4 is 5.32 Å². The van der Waals surface area contributed by atoms with E-state index in [0.29, 0.717) is 18.3 Å². The highest BCUT2D eigenvalue weighted by molar-refractivity contribution is 5.99. The Bertz CT molecular complexity index is 1100. The van der Waals surface area contributed by atoms with Gasteiger partial charge in [0.15, 0.2) is 0 Å². The van der Waals surface area contributed by atoms with E-state index in [2.05, 4.69) is 58.8 Å². The van der Waals surface area contributed by atoms with E-state index in [1.807, 2.05) is 18.2 Å². The summed E-state index contributed by atoms with van der Waals surface area (Å²) in [6.07, 6.45) is 2.28. The summed E-state index contributed by atoms with van der Waals surface area (Å²) in [6, 6.07) is 19.0. The van der Waals surface area contributed by atoms with E-state index >= 15 is 0 Å². The molecule has 1 aromatic heterocycles. The first-order chi connectivity index (χ1) is 12.8. The van der Waals surface area contributed by atoms with Crippen LogP contribution in [0.25, 0.3) is 22.2 Å². The summed E-state index contributed by atoms with van der Waals surface area (Å²) in [6.45, 7) is 2.56. The molecule has 0 amide bonds. The van der Waals surface area contributed by atoms with Crippen molar-refractivity contribution in [2.75, 3.05) is 5.32 Å². The van der Waals surface area contributed by atoms with Crippen molar-refractivity contribution in [1.29, 1.82) is 0 Å². The minimum Gasteiger partial charge on any atom is -0.376 e. The fourth-order valence-corrected chi connectivity index (χ4v) is 3.83. The smallest absolute Gasteiger partial charge is 0.246 e. The monoisotopic (exact) mass is 341 g/mol. The summed E-state index contributed by atoms with van der Waals surface area (Å²) >= 11 is 0. The largest absolute Gasteiger partial charge is 0.376 e. The number of hydrogen-bond acceptors (Lipinski definition) is 4. The van der Waals surface area contributed by atoms with Crippen LogP contribution in [0.2, 0.25) is 0 Å². The molecule has 0 unspecified atom stereocenters. The van der Waals surface area contributed by atoms with Crippen LogP contribution in [0, 0.1) is 6.92 Å². The Hall–Kier alpha value is -3.14. The van der Waals surface area contributed by atoms with Crippen molar-refractivity contribution in [3.63, 3.8) is 0 Å². The quantitative estimate of drug-likeness (QED) is 0.573. The Morgan fingerprint density at radius 3 is 2.69 bits per heavy atom. The van der Waals surface area contributed by atoms with Crippen molar-refractivity contribution in [2.24, 2.45) is 0 Å². The van der Waals surface area contributed by atoms with Gasteiger partial charge in [-0.15, -0.1) is 0 Å². The van der Waals surface area contributed by atoms with Crippen LogP contribution in [0.4, 0.5) is 5.69 Å². The highest BCUT2D eigenvalue weighted by atomic mass is 16.5. The molecule has 1 aliphatic rings. The van der Waals surface area contributed by atoms with E-state index in [1.54, 1.807) is 0 Å². The molecular weight excluding hydrogens is 322 g/mol.